The summed E-state index contributed by atoms with van der Waals surface area (Å²) in [6, 6.07) is 6.89. The zero-order valence-corrected chi connectivity index (χ0v) is 15.6. The quantitative estimate of drug-likeness (QED) is 0.312. The fraction of sp³-hybridized carbons (Fsp3) is 0.211. The molecule has 28 heavy (non-hydrogen) atoms. The number of hydrogen-bond acceptors (Lipinski definition) is 4. The first-order chi connectivity index (χ1) is 13.3. The van der Waals surface area contributed by atoms with Gasteiger partial charge in [0.2, 0.25) is 5.95 Å². The Morgan fingerprint density at radius 3 is 2.68 bits per heavy atom. The second kappa shape index (κ2) is 6.73. The van der Waals surface area contributed by atoms with Gasteiger partial charge in [0.1, 0.15) is 17.2 Å². The van der Waals surface area contributed by atoms with Gasteiger partial charge in [-0.2, -0.15) is 13.2 Å². The first-order valence-corrected chi connectivity index (χ1v) is 9.54. The number of aryl methyl sites for hydroxylation is 1. The summed E-state index contributed by atoms with van der Waals surface area (Å²) in [5.41, 5.74) is 1.59. The molecule has 0 saturated carbocycles. The van der Waals surface area contributed by atoms with Gasteiger partial charge in [-0.3, -0.25) is 0 Å². The Kier molecular flexibility index (Phi) is 4.49. The number of aromatic amines is 1. The number of H-pyrrole nitrogens is 1. The van der Waals surface area contributed by atoms with Gasteiger partial charge in [0.25, 0.3) is 0 Å². The highest BCUT2D eigenvalue weighted by Gasteiger charge is 2.44. The molecule has 0 radical (unpaired) electrons. The monoisotopic (exact) mass is 409 g/mol. The number of anilines is 1. The molecular weight excluding hydrogens is 394 g/mol. The lowest BCUT2D eigenvalue weighted by Gasteiger charge is -2.20. The summed E-state index contributed by atoms with van der Waals surface area (Å²) in [4.78, 5) is 8.02. The van der Waals surface area contributed by atoms with Crippen molar-refractivity contribution >= 4 is 39.7 Å². The Labute approximate surface area is 161 Å². The predicted molar refractivity (Wildman–Crippen MR) is 101 cm³/mol. The van der Waals surface area contributed by atoms with Crippen LogP contribution in [0, 0.1) is 12.7 Å². The SMILES string of the molecule is CSc1ccc2nc(NC(c3oc4ccc(F)cc4c3C)C(F)(F)F)[nH]c2c1. The minimum absolute atomic E-state index is 0.0263. The van der Waals surface area contributed by atoms with E-state index in [2.05, 4.69) is 15.3 Å². The number of benzene rings is 2. The summed E-state index contributed by atoms with van der Waals surface area (Å²) in [6.07, 6.45) is -2.75. The van der Waals surface area contributed by atoms with Gasteiger partial charge in [0.15, 0.2) is 6.04 Å². The minimum atomic E-state index is -4.65. The van der Waals surface area contributed by atoms with Gasteiger partial charge in [-0.25, -0.2) is 9.37 Å². The van der Waals surface area contributed by atoms with Crippen LogP contribution in [0.2, 0.25) is 0 Å². The molecule has 0 spiro atoms. The second-order valence-electron chi connectivity index (χ2n) is 6.32. The number of rotatable bonds is 4. The van der Waals surface area contributed by atoms with Crippen LogP contribution in [0.15, 0.2) is 45.7 Å². The molecule has 0 aliphatic carbocycles. The number of thioether (sulfide) groups is 1. The summed E-state index contributed by atoms with van der Waals surface area (Å²) in [6.45, 7) is 1.48. The van der Waals surface area contributed by atoms with Gasteiger partial charge in [0, 0.05) is 15.8 Å². The van der Waals surface area contributed by atoms with Gasteiger partial charge < -0.3 is 14.7 Å². The van der Waals surface area contributed by atoms with Crippen LogP contribution >= 0.6 is 11.8 Å². The fourth-order valence-electron chi connectivity index (χ4n) is 3.10. The number of nitrogens with one attached hydrogen (secondary N) is 2. The molecule has 0 amide bonds. The van der Waals surface area contributed by atoms with Crippen LogP contribution in [0.1, 0.15) is 17.4 Å². The highest BCUT2D eigenvalue weighted by atomic mass is 32.2. The number of hydrogen-bond donors (Lipinski definition) is 2. The predicted octanol–water partition coefficient (Wildman–Crippen LogP) is 6.19. The van der Waals surface area contributed by atoms with Crippen molar-refractivity contribution in [2.45, 2.75) is 24.0 Å². The van der Waals surface area contributed by atoms with E-state index in [1.807, 2.05) is 18.4 Å². The van der Waals surface area contributed by atoms with Crippen LogP contribution in [0.5, 0.6) is 0 Å². The summed E-state index contributed by atoms with van der Waals surface area (Å²) in [5.74, 6) is -0.888. The molecule has 0 aliphatic rings. The van der Waals surface area contributed by atoms with Gasteiger partial charge in [-0.05, 0) is 49.6 Å². The number of nitrogens with zero attached hydrogens (tertiary/aromatic N) is 1. The molecule has 4 nitrogen and oxygen atoms in total. The third kappa shape index (κ3) is 3.30. The Morgan fingerprint density at radius 1 is 1.18 bits per heavy atom. The van der Waals surface area contributed by atoms with E-state index in [4.69, 9.17) is 4.42 Å². The van der Waals surface area contributed by atoms with E-state index in [-0.39, 0.29) is 22.9 Å². The highest BCUT2D eigenvalue weighted by molar-refractivity contribution is 7.98. The Bertz CT molecular complexity index is 1170. The van der Waals surface area contributed by atoms with E-state index < -0.39 is 18.0 Å². The molecule has 0 aliphatic heterocycles. The Morgan fingerprint density at radius 2 is 1.96 bits per heavy atom. The van der Waals surface area contributed by atoms with Gasteiger partial charge in [-0.15, -0.1) is 11.8 Å². The highest BCUT2D eigenvalue weighted by Crippen LogP contribution is 2.40. The molecule has 2 N–H and O–H groups in total. The van der Waals surface area contributed by atoms with Crippen molar-refractivity contribution in [3.8, 4) is 0 Å². The van der Waals surface area contributed by atoms with Gasteiger partial charge in [-0.1, -0.05) is 0 Å². The average Bonchev–Trinajstić information content (AvgIpc) is 3.19. The maximum atomic E-state index is 13.8. The number of aromatic nitrogens is 2. The van der Waals surface area contributed by atoms with Crippen LogP contribution in [0.3, 0.4) is 0 Å². The number of imidazole rings is 1. The maximum Gasteiger partial charge on any atom is 0.415 e. The van der Waals surface area contributed by atoms with Crippen molar-refractivity contribution in [1.82, 2.24) is 9.97 Å². The summed E-state index contributed by atoms with van der Waals surface area (Å²) >= 11 is 1.52. The standard InChI is InChI=1S/C19H15F4N3OS/c1-9-12-7-10(20)3-6-15(12)27-16(9)17(19(21,22)23)26-18-24-13-5-4-11(28-2)8-14(13)25-18/h3-8,17H,1-2H3,(H2,24,25,26). The van der Waals surface area contributed by atoms with Crippen molar-refractivity contribution < 1.29 is 22.0 Å². The number of halogens is 4. The largest absolute Gasteiger partial charge is 0.458 e. The van der Waals surface area contributed by atoms with Crippen LogP contribution < -0.4 is 5.32 Å². The topological polar surface area (TPSA) is 53.9 Å². The third-order valence-corrected chi connectivity index (χ3v) is 5.22. The molecule has 4 aromatic rings. The van der Waals surface area contributed by atoms with Crippen LogP contribution in [0.25, 0.3) is 22.0 Å². The molecule has 1 unspecified atom stereocenters. The molecule has 0 bridgehead atoms. The normalized spacial score (nSPS) is 13.4. The van der Waals surface area contributed by atoms with E-state index in [0.29, 0.717) is 16.4 Å². The van der Waals surface area contributed by atoms with E-state index >= 15 is 0 Å². The fourth-order valence-corrected chi connectivity index (χ4v) is 3.54. The lowest BCUT2D eigenvalue weighted by molar-refractivity contribution is -0.147. The Balaban J connectivity index is 1.76. The average molecular weight is 409 g/mol. The molecule has 1 atom stereocenters. The van der Waals surface area contributed by atoms with Crippen LogP contribution in [0.4, 0.5) is 23.5 Å². The van der Waals surface area contributed by atoms with Crippen LogP contribution in [-0.4, -0.2) is 22.4 Å². The number of fused-ring (bicyclic) bond motifs is 2. The zero-order chi connectivity index (χ0) is 20.1. The minimum Gasteiger partial charge on any atom is -0.458 e. The van der Waals surface area contributed by atoms with E-state index in [1.165, 1.54) is 24.8 Å². The first-order valence-electron chi connectivity index (χ1n) is 8.32. The van der Waals surface area contributed by atoms with Crippen molar-refractivity contribution in [3.63, 3.8) is 0 Å². The van der Waals surface area contributed by atoms with E-state index in [0.717, 1.165) is 17.0 Å². The van der Waals surface area contributed by atoms with Crippen molar-refractivity contribution in [2.24, 2.45) is 0 Å². The second-order valence-corrected chi connectivity index (χ2v) is 7.20. The Hall–Kier alpha value is -2.68. The third-order valence-electron chi connectivity index (χ3n) is 4.49. The molecule has 9 heteroatoms. The molecular formula is C19H15F4N3OS. The molecule has 0 fully saturated rings. The lowest BCUT2D eigenvalue weighted by Crippen LogP contribution is -2.28. The zero-order valence-electron chi connectivity index (χ0n) is 14.8. The summed E-state index contributed by atoms with van der Waals surface area (Å²) < 4.78 is 60.4. The van der Waals surface area contributed by atoms with Crippen molar-refractivity contribution in [3.05, 3.63) is 53.5 Å². The van der Waals surface area contributed by atoms with Crippen molar-refractivity contribution in [2.75, 3.05) is 11.6 Å². The molecule has 0 saturated heterocycles. The number of alkyl halides is 3. The molecule has 4 rings (SSSR count). The summed E-state index contributed by atoms with van der Waals surface area (Å²) in [5, 5.41) is 2.70. The van der Waals surface area contributed by atoms with E-state index in [1.54, 1.807) is 6.07 Å². The van der Waals surface area contributed by atoms with Crippen molar-refractivity contribution in [1.29, 1.82) is 0 Å². The molecule has 2 aromatic heterocycles. The maximum absolute atomic E-state index is 13.8. The molecule has 146 valence electrons. The smallest absolute Gasteiger partial charge is 0.415 e. The first kappa shape index (κ1) is 18.7. The van der Waals surface area contributed by atoms with E-state index in [9.17, 15) is 17.6 Å². The number of furan rings is 1. The van der Waals surface area contributed by atoms with Gasteiger partial charge >= 0.3 is 6.18 Å². The summed E-state index contributed by atoms with van der Waals surface area (Å²) in [7, 11) is 0. The van der Waals surface area contributed by atoms with Crippen LogP contribution in [-0.2, 0) is 0 Å². The molecule has 2 aromatic carbocycles. The lowest BCUT2D eigenvalue weighted by atomic mass is 10.1. The van der Waals surface area contributed by atoms with Gasteiger partial charge in [0.05, 0.1) is 11.0 Å². The molecule has 2 heterocycles.